The van der Waals surface area contributed by atoms with E-state index >= 15 is 0 Å². The minimum atomic E-state index is -1.50. The molecular weight excluding hydrogens is 652 g/mol. The number of halogens is 2. The number of nitrogens with one attached hydrogen (secondary N) is 1. The highest BCUT2D eigenvalue weighted by Gasteiger charge is 2.54. The number of carbonyl (C=O) groups is 2. The third kappa shape index (κ3) is 11.5. The predicted molar refractivity (Wildman–Crippen MR) is 184 cm³/mol. The molecule has 0 bridgehead atoms. The number of carbonyl (C=O) groups excluding carboxylic acids is 2. The van der Waals surface area contributed by atoms with Crippen LogP contribution in [0.1, 0.15) is 79.7 Å². The molecule has 0 saturated carbocycles. The normalized spacial score (nSPS) is 31.8. The molecule has 0 spiro atoms. The van der Waals surface area contributed by atoms with E-state index in [1.807, 2.05) is 13.8 Å². The molecule has 1 saturated heterocycles. The Hall–Kier alpha value is -3.00. The number of rotatable bonds is 13. The predicted octanol–water partition coefficient (Wildman–Crippen LogP) is 4.84. The Morgan fingerprint density at radius 2 is 1.92 bits per heavy atom. The van der Waals surface area contributed by atoms with Gasteiger partial charge in [-0.15, -0.1) is 0 Å². The highest BCUT2D eigenvalue weighted by Crippen LogP contribution is 2.39. The Kier molecular flexibility index (Phi) is 14.9. The second-order valence-electron chi connectivity index (χ2n) is 14.1. The second-order valence-corrected chi connectivity index (χ2v) is 14.1. The lowest BCUT2D eigenvalue weighted by atomic mass is 9.87. The number of aliphatic hydroxyl groups excluding tert-OH is 1. The van der Waals surface area contributed by atoms with Gasteiger partial charge in [0.1, 0.15) is 23.9 Å². The van der Waals surface area contributed by atoms with Gasteiger partial charge in [0.25, 0.3) is 0 Å². The summed E-state index contributed by atoms with van der Waals surface area (Å²) >= 11 is 0. The lowest BCUT2D eigenvalue weighted by Gasteiger charge is -2.32. The van der Waals surface area contributed by atoms with Crippen LogP contribution in [-0.4, -0.2) is 88.2 Å². The molecule has 0 radical (unpaired) electrons. The van der Waals surface area contributed by atoms with Crippen molar-refractivity contribution in [2.75, 3.05) is 7.11 Å². The summed E-state index contributed by atoms with van der Waals surface area (Å²) in [4.78, 5) is 24.7. The lowest BCUT2D eigenvalue weighted by Crippen LogP contribution is -2.52. The third-order valence-electron chi connectivity index (χ3n) is 9.70. The van der Waals surface area contributed by atoms with E-state index in [1.165, 1.54) is 19.9 Å². The SMILES string of the molecule is CC[C@H](OC)[C@@H](C)C1OC1C(NCc1ccc(F)c(F)c1)C(C)(O)/C=C/C=C(\C)[C@H]1OC(=O)CC(O)CCC(C)(O)[C@@H](OC(C)=O)/C=C/C1C. The molecule has 4 N–H and O–H groups in total. The largest absolute Gasteiger partial charge is 0.457 e. The van der Waals surface area contributed by atoms with E-state index in [-0.39, 0.29) is 43.9 Å². The van der Waals surface area contributed by atoms with Gasteiger partial charge in [0.15, 0.2) is 11.6 Å². The number of hydrogen-bond donors (Lipinski definition) is 4. The molecule has 0 amide bonds. The molecule has 50 heavy (non-hydrogen) atoms. The minimum absolute atomic E-state index is 0.0254. The topological polar surface area (TPSA) is 147 Å². The molecular formula is C38H55F2NO9. The number of ether oxygens (including phenoxy) is 4. The van der Waals surface area contributed by atoms with Crippen molar-refractivity contribution < 1.29 is 52.6 Å². The molecule has 1 aromatic rings. The molecule has 3 rings (SSSR count). The molecule has 1 aromatic carbocycles. The number of benzene rings is 1. The maximum Gasteiger partial charge on any atom is 0.309 e. The molecule has 7 unspecified atom stereocenters. The quantitative estimate of drug-likeness (QED) is 0.0973. The van der Waals surface area contributed by atoms with Crippen LogP contribution in [0, 0.1) is 23.5 Å². The summed E-state index contributed by atoms with van der Waals surface area (Å²) in [7, 11) is 1.65. The number of esters is 2. The smallest absolute Gasteiger partial charge is 0.309 e. The molecule has 11 atom stereocenters. The van der Waals surface area contributed by atoms with Crippen LogP contribution in [0.5, 0.6) is 0 Å². The van der Waals surface area contributed by atoms with E-state index in [0.717, 1.165) is 18.6 Å². The Labute approximate surface area is 294 Å². The van der Waals surface area contributed by atoms with Gasteiger partial charge in [-0.25, -0.2) is 8.78 Å². The molecule has 2 aliphatic heterocycles. The summed E-state index contributed by atoms with van der Waals surface area (Å²) in [5, 5.41) is 36.7. The summed E-state index contributed by atoms with van der Waals surface area (Å²) in [5.41, 5.74) is -1.87. The minimum Gasteiger partial charge on any atom is -0.457 e. The number of aliphatic hydroxyl groups is 3. The zero-order valence-electron chi connectivity index (χ0n) is 30.4. The summed E-state index contributed by atoms with van der Waals surface area (Å²) in [6, 6.07) is 2.98. The van der Waals surface area contributed by atoms with E-state index in [2.05, 4.69) is 5.32 Å². The van der Waals surface area contributed by atoms with Crippen LogP contribution in [0.2, 0.25) is 0 Å². The first-order valence-electron chi connectivity index (χ1n) is 17.3. The van der Waals surface area contributed by atoms with Crippen LogP contribution in [-0.2, 0) is 35.1 Å². The zero-order valence-corrected chi connectivity index (χ0v) is 30.4. The average Bonchev–Trinajstić information content (AvgIpc) is 3.82. The first-order valence-corrected chi connectivity index (χ1v) is 17.3. The van der Waals surface area contributed by atoms with Crippen molar-refractivity contribution >= 4 is 11.9 Å². The van der Waals surface area contributed by atoms with Gasteiger partial charge in [0, 0.05) is 32.4 Å². The summed E-state index contributed by atoms with van der Waals surface area (Å²) in [6.07, 6.45) is 5.35. The molecule has 12 heteroatoms. The van der Waals surface area contributed by atoms with Crippen LogP contribution in [0.25, 0.3) is 0 Å². The van der Waals surface area contributed by atoms with Crippen molar-refractivity contribution in [1.82, 2.24) is 5.32 Å². The number of allylic oxidation sites excluding steroid dienone is 2. The molecule has 10 nitrogen and oxygen atoms in total. The van der Waals surface area contributed by atoms with E-state index in [4.69, 9.17) is 18.9 Å². The molecule has 0 aromatic heterocycles. The van der Waals surface area contributed by atoms with Crippen LogP contribution < -0.4 is 5.32 Å². The van der Waals surface area contributed by atoms with Gasteiger partial charge in [0.2, 0.25) is 0 Å². The van der Waals surface area contributed by atoms with Gasteiger partial charge in [-0.2, -0.15) is 0 Å². The van der Waals surface area contributed by atoms with Crippen molar-refractivity contribution in [3.8, 4) is 0 Å². The van der Waals surface area contributed by atoms with Crippen LogP contribution in [0.15, 0.2) is 54.2 Å². The summed E-state index contributed by atoms with van der Waals surface area (Å²) in [5.74, 6) is -3.51. The van der Waals surface area contributed by atoms with Gasteiger partial charge >= 0.3 is 11.9 Å². The van der Waals surface area contributed by atoms with Gasteiger partial charge in [0.05, 0.1) is 36.4 Å². The van der Waals surface area contributed by atoms with Crippen molar-refractivity contribution in [3.63, 3.8) is 0 Å². The van der Waals surface area contributed by atoms with E-state index in [1.54, 1.807) is 58.3 Å². The van der Waals surface area contributed by atoms with E-state index in [9.17, 15) is 33.7 Å². The molecule has 280 valence electrons. The maximum atomic E-state index is 14.0. The van der Waals surface area contributed by atoms with Crippen molar-refractivity contribution in [2.24, 2.45) is 11.8 Å². The lowest BCUT2D eigenvalue weighted by molar-refractivity contribution is -0.157. The first-order chi connectivity index (χ1) is 23.4. The monoisotopic (exact) mass is 707 g/mol. The van der Waals surface area contributed by atoms with E-state index in [0.29, 0.717) is 11.1 Å². The Balaban J connectivity index is 1.88. The van der Waals surface area contributed by atoms with Crippen molar-refractivity contribution in [1.29, 1.82) is 0 Å². The highest BCUT2D eigenvalue weighted by molar-refractivity contribution is 5.70. The highest BCUT2D eigenvalue weighted by atomic mass is 19.2. The van der Waals surface area contributed by atoms with Crippen molar-refractivity contribution in [2.45, 2.75) is 135 Å². The average molecular weight is 708 g/mol. The second kappa shape index (κ2) is 18.0. The molecule has 2 heterocycles. The molecule has 1 fully saturated rings. The molecule has 0 aliphatic carbocycles. The van der Waals surface area contributed by atoms with Crippen LogP contribution in [0.3, 0.4) is 0 Å². The summed E-state index contributed by atoms with van der Waals surface area (Å²) < 4.78 is 50.4. The Morgan fingerprint density at radius 1 is 1.22 bits per heavy atom. The van der Waals surface area contributed by atoms with E-state index < -0.39 is 71.2 Å². The standard InChI is InChI=1S/C38H55F2NO9/c1-9-30(47-8)24(4)34-35(50-34)36(41-21-26-13-14-28(39)29(40)19-26)38(7,46)17-10-11-22(2)33-23(3)12-15-31(48-25(5)42)37(6,45)18-16-27(43)20-32(44)49-33/h10-15,17,19,23-24,27,30-31,33-36,41,43,45-46H,9,16,18,20-21H2,1-8H3/b15-12+,17-10+,22-11+/t23?,24-,27?,30+,31+,33-,34?,35?,36?,37?,38?/m1/s1. The van der Waals surface area contributed by atoms with Crippen LogP contribution >= 0.6 is 0 Å². The van der Waals surface area contributed by atoms with Crippen LogP contribution in [0.4, 0.5) is 8.78 Å². The van der Waals surface area contributed by atoms with Gasteiger partial charge in [-0.1, -0.05) is 51.1 Å². The third-order valence-corrected chi connectivity index (χ3v) is 9.70. The number of hydrogen-bond acceptors (Lipinski definition) is 10. The Morgan fingerprint density at radius 3 is 2.54 bits per heavy atom. The fraction of sp³-hybridized carbons (Fsp3) is 0.632. The maximum absolute atomic E-state index is 14.0. The fourth-order valence-electron chi connectivity index (χ4n) is 6.55. The molecule has 2 aliphatic rings. The number of epoxide rings is 1. The zero-order chi connectivity index (χ0) is 37.4. The number of methoxy groups -OCH3 is 1. The Bertz CT molecular complexity index is 1390. The number of cyclic esters (lactones) is 1. The van der Waals surface area contributed by atoms with Gasteiger partial charge in [-0.3, -0.25) is 9.59 Å². The summed E-state index contributed by atoms with van der Waals surface area (Å²) in [6.45, 7) is 12.1. The fourth-order valence-corrected chi connectivity index (χ4v) is 6.55. The van der Waals surface area contributed by atoms with Gasteiger partial charge in [-0.05, 0) is 69.4 Å². The van der Waals surface area contributed by atoms with Crippen molar-refractivity contribution in [3.05, 3.63) is 71.4 Å². The van der Waals surface area contributed by atoms with Gasteiger partial charge < -0.3 is 39.6 Å². The first kappa shape index (κ1) is 41.4.